The quantitative estimate of drug-likeness (QED) is 0.736. The Kier molecular flexibility index (Phi) is 4.22. The van der Waals surface area contributed by atoms with Crippen molar-refractivity contribution in [2.24, 2.45) is 11.8 Å². The van der Waals surface area contributed by atoms with Crippen molar-refractivity contribution in [2.45, 2.75) is 44.8 Å². The standard InChI is InChI=1S/C13H26N2O/c1-10(11-5-7-15(2)8-6-11)14-9-13(16)12-3-4-12/h10-14,16H,3-9H2,1-2H3. The topological polar surface area (TPSA) is 35.5 Å². The summed E-state index contributed by atoms with van der Waals surface area (Å²) in [6.45, 7) is 5.51. The van der Waals surface area contributed by atoms with E-state index in [1.807, 2.05) is 0 Å². The Morgan fingerprint density at radius 1 is 1.19 bits per heavy atom. The van der Waals surface area contributed by atoms with E-state index in [9.17, 15) is 5.11 Å². The van der Waals surface area contributed by atoms with Gasteiger partial charge in [-0.05, 0) is 64.6 Å². The van der Waals surface area contributed by atoms with Crippen LogP contribution in [0, 0.1) is 11.8 Å². The zero-order valence-corrected chi connectivity index (χ0v) is 10.7. The van der Waals surface area contributed by atoms with Crippen LogP contribution < -0.4 is 5.32 Å². The third-order valence-electron chi connectivity index (χ3n) is 4.29. The largest absolute Gasteiger partial charge is 0.392 e. The zero-order valence-electron chi connectivity index (χ0n) is 10.7. The minimum absolute atomic E-state index is 0.103. The molecule has 3 nitrogen and oxygen atoms in total. The van der Waals surface area contributed by atoms with E-state index < -0.39 is 0 Å². The van der Waals surface area contributed by atoms with Gasteiger partial charge in [0.1, 0.15) is 0 Å². The normalized spacial score (nSPS) is 27.9. The number of aliphatic hydroxyl groups excluding tert-OH is 1. The lowest BCUT2D eigenvalue weighted by atomic mass is 9.90. The third-order valence-corrected chi connectivity index (χ3v) is 4.29. The summed E-state index contributed by atoms with van der Waals surface area (Å²) in [5.41, 5.74) is 0. The van der Waals surface area contributed by atoms with Gasteiger partial charge in [-0.15, -0.1) is 0 Å². The summed E-state index contributed by atoms with van der Waals surface area (Å²) in [5.74, 6) is 1.39. The summed E-state index contributed by atoms with van der Waals surface area (Å²) in [7, 11) is 2.20. The molecule has 0 spiro atoms. The minimum Gasteiger partial charge on any atom is -0.392 e. The number of aliphatic hydroxyl groups is 1. The molecule has 2 unspecified atom stereocenters. The number of likely N-dealkylation sites (tertiary alicyclic amines) is 1. The number of rotatable bonds is 5. The molecule has 0 bridgehead atoms. The molecule has 0 amide bonds. The van der Waals surface area contributed by atoms with Gasteiger partial charge in [-0.1, -0.05) is 0 Å². The summed E-state index contributed by atoms with van der Waals surface area (Å²) in [5, 5.41) is 13.3. The zero-order chi connectivity index (χ0) is 11.5. The molecule has 16 heavy (non-hydrogen) atoms. The second-order valence-corrected chi connectivity index (χ2v) is 5.74. The van der Waals surface area contributed by atoms with Crippen LogP contribution >= 0.6 is 0 Å². The first kappa shape index (κ1) is 12.3. The average Bonchev–Trinajstić information content (AvgIpc) is 3.10. The van der Waals surface area contributed by atoms with Gasteiger partial charge in [-0.25, -0.2) is 0 Å². The van der Waals surface area contributed by atoms with Gasteiger partial charge in [-0.3, -0.25) is 0 Å². The van der Waals surface area contributed by atoms with Crippen LogP contribution in [0.15, 0.2) is 0 Å². The highest BCUT2D eigenvalue weighted by atomic mass is 16.3. The van der Waals surface area contributed by atoms with Crippen LogP contribution in [-0.4, -0.2) is 48.8 Å². The molecule has 1 aliphatic heterocycles. The lowest BCUT2D eigenvalue weighted by Gasteiger charge is -2.33. The molecule has 1 heterocycles. The first-order valence-electron chi connectivity index (χ1n) is 6.77. The van der Waals surface area contributed by atoms with Crippen molar-refractivity contribution in [3.8, 4) is 0 Å². The second-order valence-electron chi connectivity index (χ2n) is 5.74. The van der Waals surface area contributed by atoms with Crippen LogP contribution in [0.4, 0.5) is 0 Å². The fourth-order valence-corrected chi connectivity index (χ4v) is 2.65. The Hall–Kier alpha value is -0.120. The number of hydrogen-bond donors (Lipinski definition) is 2. The van der Waals surface area contributed by atoms with E-state index in [0.717, 1.165) is 12.5 Å². The van der Waals surface area contributed by atoms with Crippen molar-refractivity contribution in [3.63, 3.8) is 0 Å². The van der Waals surface area contributed by atoms with Gasteiger partial charge in [0.2, 0.25) is 0 Å². The molecule has 2 atom stereocenters. The van der Waals surface area contributed by atoms with Crippen LogP contribution in [0.25, 0.3) is 0 Å². The van der Waals surface area contributed by atoms with Gasteiger partial charge in [0.25, 0.3) is 0 Å². The molecule has 1 saturated heterocycles. The van der Waals surface area contributed by atoms with Gasteiger partial charge < -0.3 is 15.3 Å². The molecule has 2 N–H and O–H groups in total. The summed E-state index contributed by atoms with van der Waals surface area (Å²) in [6, 6.07) is 0.558. The van der Waals surface area contributed by atoms with Crippen molar-refractivity contribution >= 4 is 0 Å². The second kappa shape index (κ2) is 5.48. The fraction of sp³-hybridized carbons (Fsp3) is 1.00. The molecule has 1 saturated carbocycles. The number of nitrogens with one attached hydrogen (secondary N) is 1. The Morgan fingerprint density at radius 2 is 1.81 bits per heavy atom. The average molecular weight is 226 g/mol. The Morgan fingerprint density at radius 3 is 2.38 bits per heavy atom. The first-order valence-corrected chi connectivity index (χ1v) is 6.77. The molecular formula is C13H26N2O. The van der Waals surface area contributed by atoms with Gasteiger partial charge in [-0.2, -0.15) is 0 Å². The lowest BCUT2D eigenvalue weighted by molar-refractivity contribution is 0.132. The number of nitrogens with zero attached hydrogens (tertiary/aromatic N) is 1. The van der Waals surface area contributed by atoms with Gasteiger partial charge in [0, 0.05) is 12.6 Å². The highest BCUT2D eigenvalue weighted by molar-refractivity contribution is 4.84. The predicted molar refractivity (Wildman–Crippen MR) is 66.4 cm³/mol. The van der Waals surface area contributed by atoms with Crippen LogP contribution in [0.3, 0.4) is 0 Å². The van der Waals surface area contributed by atoms with Crippen LogP contribution in [0.2, 0.25) is 0 Å². The maximum atomic E-state index is 9.81. The maximum Gasteiger partial charge on any atom is 0.0692 e. The van der Waals surface area contributed by atoms with E-state index in [2.05, 4.69) is 24.2 Å². The Labute approximate surface area is 99.2 Å². The monoisotopic (exact) mass is 226 g/mol. The van der Waals surface area contributed by atoms with E-state index in [-0.39, 0.29) is 6.10 Å². The summed E-state index contributed by atoms with van der Waals surface area (Å²) < 4.78 is 0. The highest BCUT2D eigenvalue weighted by Gasteiger charge is 2.30. The van der Waals surface area contributed by atoms with Crippen molar-refractivity contribution in [3.05, 3.63) is 0 Å². The van der Waals surface area contributed by atoms with Crippen LogP contribution in [0.5, 0.6) is 0 Å². The van der Waals surface area contributed by atoms with Gasteiger partial charge in [0.05, 0.1) is 6.10 Å². The molecule has 0 aromatic rings. The van der Waals surface area contributed by atoms with Crippen LogP contribution in [0.1, 0.15) is 32.6 Å². The summed E-state index contributed by atoms with van der Waals surface area (Å²) >= 11 is 0. The molecule has 2 rings (SSSR count). The maximum absolute atomic E-state index is 9.81. The minimum atomic E-state index is -0.103. The highest BCUT2D eigenvalue weighted by Crippen LogP contribution is 2.32. The molecule has 94 valence electrons. The van der Waals surface area contributed by atoms with Crippen molar-refractivity contribution < 1.29 is 5.11 Å². The molecular weight excluding hydrogens is 200 g/mol. The van der Waals surface area contributed by atoms with Crippen molar-refractivity contribution in [2.75, 3.05) is 26.7 Å². The van der Waals surface area contributed by atoms with Gasteiger partial charge >= 0.3 is 0 Å². The molecule has 2 fully saturated rings. The summed E-state index contributed by atoms with van der Waals surface area (Å²) in [4.78, 5) is 2.41. The van der Waals surface area contributed by atoms with Gasteiger partial charge in [0.15, 0.2) is 0 Å². The molecule has 3 heteroatoms. The number of hydrogen-bond acceptors (Lipinski definition) is 3. The van der Waals surface area contributed by atoms with E-state index in [4.69, 9.17) is 0 Å². The molecule has 0 aromatic heterocycles. The smallest absolute Gasteiger partial charge is 0.0692 e. The SMILES string of the molecule is CC(NCC(O)C1CC1)C1CCN(C)CC1. The lowest BCUT2D eigenvalue weighted by Crippen LogP contribution is -2.43. The number of piperidine rings is 1. The predicted octanol–water partition coefficient (Wildman–Crippen LogP) is 1.08. The molecule has 0 aromatic carbocycles. The molecule has 0 radical (unpaired) electrons. The van der Waals surface area contributed by atoms with E-state index >= 15 is 0 Å². The van der Waals surface area contributed by atoms with E-state index in [1.54, 1.807) is 0 Å². The van der Waals surface area contributed by atoms with Crippen LogP contribution in [-0.2, 0) is 0 Å². The van der Waals surface area contributed by atoms with E-state index in [1.165, 1.54) is 38.8 Å². The van der Waals surface area contributed by atoms with Crippen molar-refractivity contribution in [1.29, 1.82) is 0 Å². The first-order chi connectivity index (χ1) is 7.66. The fourth-order valence-electron chi connectivity index (χ4n) is 2.65. The third kappa shape index (κ3) is 3.44. The Bertz CT molecular complexity index is 210. The molecule has 1 aliphatic carbocycles. The Balaban J connectivity index is 1.64. The van der Waals surface area contributed by atoms with E-state index in [0.29, 0.717) is 12.0 Å². The molecule has 2 aliphatic rings. The summed E-state index contributed by atoms with van der Waals surface area (Å²) in [6.07, 6.45) is 4.94. The van der Waals surface area contributed by atoms with Crippen molar-refractivity contribution in [1.82, 2.24) is 10.2 Å².